The number of hydrogen-bond donors (Lipinski definition) is 1. The molecule has 1 N–H and O–H groups in total. The highest BCUT2D eigenvalue weighted by Crippen LogP contribution is 2.38. The zero-order valence-corrected chi connectivity index (χ0v) is 14.5. The Hall–Kier alpha value is -1.43. The van der Waals surface area contributed by atoms with E-state index in [-0.39, 0.29) is 23.4 Å². The normalized spacial score (nSPS) is 22.6. The standard InChI is InChI=1S/C17H28N4O2/c1-12(2)14-19-15(23-20-14)13(3)18-16(22)17(8-4-5-9-17)21-10-6-7-11-21/h12-13H,4-11H2,1-3H3,(H,18,22)/t13-/m0/s1. The van der Waals surface area contributed by atoms with Crippen LogP contribution in [0.2, 0.25) is 0 Å². The highest BCUT2D eigenvalue weighted by Gasteiger charge is 2.47. The number of nitrogens with one attached hydrogen (secondary N) is 1. The van der Waals surface area contributed by atoms with Crippen LogP contribution in [0.5, 0.6) is 0 Å². The van der Waals surface area contributed by atoms with Gasteiger partial charge in [-0.2, -0.15) is 4.98 Å². The van der Waals surface area contributed by atoms with Gasteiger partial charge >= 0.3 is 0 Å². The Morgan fingerprint density at radius 3 is 2.39 bits per heavy atom. The summed E-state index contributed by atoms with van der Waals surface area (Å²) in [5.41, 5.74) is -0.314. The number of aromatic nitrogens is 2. The lowest BCUT2D eigenvalue weighted by atomic mass is 9.93. The predicted molar refractivity (Wildman–Crippen MR) is 87.0 cm³/mol. The van der Waals surface area contributed by atoms with Crippen molar-refractivity contribution in [1.82, 2.24) is 20.4 Å². The first-order valence-electron chi connectivity index (χ1n) is 8.92. The number of amides is 1. The molecule has 1 aliphatic carbocycles. The third-order valence-corrected chi connectivity index (χ3v) is 5.26. The van der Waals surface area contributed by atoms with Crippen LogP contribution in [0.25, 0.3) is 0 Å². The molecule has 1 saturated heterocycles. The molecule has 0 spiro atoms. The quantitative estimate of drug-likeness (QED) is 0.903. The fourth-order valence-electron chi connectivity index (χ4n) is 3.84. The van der Waals surface area contributed by atoms with Gasteiger partial charge in [-0.15, -0.1) is 0 Å². The zero-order valence-electron chi connectivity index (χ0n) is 14.5. The fourth-order valence-corrected chi connectivity index (χ4v) is 3.84. The van der Waals surface area contributed by atoms with E-state index in [2.05, 4.69) is 20.4 Å². The number of likely N-dealkylation sites (tertiary alicyclic amines) is 1. The lowest BCUT2D eigenvalue weighted by Gasteiger charge is -2.37. The molecule has 1 atom stereocenters. The lowest BCUT2D eigenvalue weighted by Crippen LogP contribution is -2.56. The minimum absolute atomic E-state index is 0.133. The highest BCUT2D eigenvalue weighted by atomic mass is 16.5. The largest absolute Gasteiger partial charge is 0.343 e. The summed E-state index contributed by atoms with van der Waals surface area (Å²) in [6, 6.07) is -0.248. The van der Waals surface area contributed by atoms with Gasteiger partial charge in [0.15, 0.2) is 5.82 Å². The van der Waals surface area contributed by atoms with Crippen molar-refractivity contribution in [2.75, 3.05) is 13.1 Å². The van der Waals surface area contributed by atoms with Crippen LogP contribution in [0.4, 0.5) is 0 Å². The van der Waals surface area contributed by atoms with Crippen LogP contribution in [-0.2, 0) is 4.79 Å². The van der Waals surface area contributed by atoms with E-state index in [4.69, 9.17) is 4.52 Å². The molecule has 3 rings (SSSR count). The van der Waals surface area contributed by atoms with Gasteiger partial charge in [0.05, 0.1) is 0 Å². The molecule has 1 aromatic rings. The topological polar surface area (TPSA) is 71.3 Å². The molecule has 0 unspecified atom stereocenters. The van der Waals surface area contributed by atoms with E-state index < -0.39 is 0 Å². The van der Waals surface area contributed by atoms with Crippen LogP contribution in [0, 0.1) is 0 Å². The third-order valence-electron chi connectivity index (χ3n) is 5.26. The van der Waals surface area contributed by atoms with E-state index in [0.29, 0.717) is 11.7 Å². The minimum Gasteiger partial charge on any atom is -0.343 e. The molecule has 23 heavy (non-hydrogen) atoms. The Morgan fingerprint density at radius 2 is 1.83 bits per heavy atom. The van der Waals surface area contributed by atoms with E-state index in [9.17, 15) is 4.79 Å². The summed E-state index contributed by atoms with van der Waals surface area (Å²) in [5, 5.41) is 7.12. The summed E-state index contributed by atoms with van der Waals surface area (Å²) in [6.07, 6.45) is 6.60. The predicted octanol–water partition coefficient (Wildman–Crippen LogP) is 2.78. The summed E-state index contributed by atoms with van der Waals surface area (Å²) in [6.45, 7) is 8.05. The molecule has 1 aliphatic heterocycles. The molecule has 2 heterocycles. The minimum atomic E-state index is -0.314. The molecule has 1 saturated carbocycles. The van der Waals surface area contributed by atoms with E-state index >= 15 is 0 Å². The summed E-state index contributed by atoms with van der Waals surface area (Å²) in [5.74, 6) is 1.54. The molecule has 2 fully saturated rings. The first-order valence-corrected chi connectivity index (χ1v) is 8.92. The molecular formula is C17H28N4O2. The van der Waals surface area contributed by atoms with Gasteiger partial charge in [-0.25, -0.2) is 0 Å². The second-order valence-electron chi connectivity index (χ2n) is 7.27. The lowest BCUT2D eigenvalue weighted by molar-refractivity contribution is -0.133. The van der Waals surface area contributed by atoms with Crippen molar-refractivity contribution in [1.29, 1.82) is 0 Å². The molecule has 0 bridgehead atoms. The zero-order chi connectivity index (χ0) is 16.4. The highest BCUT2D eigenvalue weighted by molar-refractivity contribution is 5.87. The second kappa shape index (κ2) is 6.59. The Morgan fingerprint density at radius 1 is 1.17 bits per heavy atom. The first kappa shape index (κ1) is 16.4. The summed E-state index contributed by atoms with van der Waals surface area (Å²) < 4.78 is 5.32. The number of hydrogen-bond acceptors (Lipinski definition) is 5. The summed E-state index contributed by atoms with van der Waals surface area (Å²) >= 11 is 0. The molecule has 1 aromatic heterocycles. The van der Waals surface area contributed by atoms with Gasteiger partial charge in [-0.1, -0.05) is 31.8 Å². The van der Waals surface area contributed by atoms with E-state index in [1.165, 1.54) is 12.8 Å². The average molecular weight is 320 g/mol. The average Bonchev–Trinajstić information content (AvgIpc) is 3.26. The number of carbonyl (C=O) groups excluding carboxylic acids is 1. The van der Waals surface area contributed by atoms with Gasteiger partial charge < -0.3 is 9.84 Å². The van der Waals surface area contributed by atoms with Gasteiger partial charge in [-0.3, -0.25) is 9.69 Å². The maximum Gasteiger partial charge on any atom is 0.248 e. The van der Waals surface area contributed by atoms with Crippen LogP contribution in [-0.4, -0.2) is 39.6 Å². The molecule has 1 amide bonds. The van der Waals surface area contributed by atoms with Crippen LogP contribution in [0.3, 0.4) is 0 Å². The van der Waals surface area contributed by atoms with E-state index in [1.54, 1.807) is 0 Å². The van der Waals surface area contributed by atoms with Crippen LogP contribution in [0.15, 0.2) is 4.52 Å². The molecule has 0 aromatic carbocycles. The van der Waals surface area contributed by atoms with E-state index in [1.807, 2.05) is 20.8 Å². The van der Waals surface area contributed by atoms with Gasteiger partial charge in [0.25, 0.3) is 0 Å². The molecular weight excluding hydrogens is 292 g/mol. The van der Waals surface area contributed by atoms with Crippen molar-refractivity contribution in [3.63, 3.8) is 0 Å². The van der Waals surface area contributed by atoms with E-state index in [0.717, 1.165) is 38.8 Å². The maximum atomic E-state index is 13.0. The number of nitrogens with zero attached hydrogens (tertiary/aromatic N) is 3. The van der Waals surface area contributed by atoms with Crippen LogP contribution in [0.1, 0.15) is 83.0 Å². The Labute approximate surface area is 138 Å². The van der Waals surface area contributed by atoms with Crippen LogP contribution >= 0.6 is 0 Å². The fraction of sp³-hybridized carbons (Fsp3) is 0.824. The third kappa shape index (κ3) is 3.13. The number of carbonyl (C=O) groups is 1. The van der Waals surface area contributed by atoms with Gasteiger partial charge in [0, 0.05) is 5.92 Å². The molecule has 6 heteroatoms. The van der Waals surface area contributed by atoms with Crippen molar-refractivity contribution in [2.45, 2.75) is 76.8 Å². The van der Waals surface area contributed by atoms with Crippen molar-refractivity contribution >= 4 is 5.91 Å². The molecule has 6 nitrogen and oxygen atoms in total. The van der Waals surface area contributed by atoms with Crippen LogP contribution < -0.4 is 5.32 Å². The molecule has 2 aliphatic rings. The SMILES string of the molecule is CC(C)c1noc([C@H](C)NC(=O)C2(N3CCCC3)CCCC2)n1. The molecule has 128 valence electrons. The smallest absolute Gasteiger partial charge is 0.248 e. The van der Waals surface area contributed by atoms with Gasteiger partial charge in [0.1, 0.15) is 11.6 Å². The van der Waals surface area contributed by atoms with Crippen molar-refractivity contribution in [2.24, 2.45) is 0 Å². The van der Waals surface area contributed by atoms with Gasteiger partial charge in [-0.05, 0) is 45.7 Å². The first-order chi connectivity index (χ1) is 11.0. The number of rotatable bonds is 5. The van der Waals surface area contributed by atoms with Gasteiger partial charge in [0.2, 0.25) is 11.8 Å². The summed E-state index contributed by atoms with van der Waals surface area (Å²) in [4.78, 5) is 19.8. The second-order valence-corrected chi connectivity index (χ2v) is 7.27. The van der Waals surface area contributed by atoms with Crippen molar-refractivity contribution in [3.05, 3.63) is 11.7 Å². The summed E-state index contributed by atoms with van der Waals surface area (Å²) in [7, 11) is 0. The van der Waals surface area contributed by atoms with Crippen molar-refractivity contribution < 1.29 is 9.32 Å². The van der Waals surface area contributed by atoms with Crippen molar-refractivity contribution in [3.8, 4) is 0 Å². The Balaban J connectivity index is 1.70. The monoisotopic (exact) mass is 320 g/mol. The Kier molecular flexibility index (Phi) is 4.71. The Bertz CT molecular complexity index is 543. The molecule has 0 radical (unpaired) electrons. The maximum absolute atomic E-state index is 13.0.